The molecule has 1 aliphatic heterocycles. The summed E-state index contributed by atoms with van der Waals surface area (Å²) in [5.74, 6) is 0. The van der Waals surface area contributed by atoms with E-state index < -0.39 is 0 Å². The van der Waals surface area contributed by atoms with Gasteiger partial charge in [0.1, 0.15) is 0 Å². The van der Waals surface area contributed by atoms with Crippen LogP contribution in [-0.4, -0.2) is 26.4 Å². The lowest BCUT2D eigenvalue weighted by atomic mass is 10.1. The number of fused-ring (bicyclic) bond motifs is 1. The first-order valence-electron chi connectivity index (χ1n) is 5.37. The van der Waals surface area contributed by atoms with Gasteiger partial charge in [0, 0.05) is 0 Å². The van der Waals surface area contributed by atoms with Gasteiger partial charge >= 0.3 is 0 Å². The van der Waals surface area contributed by atoms with Crippen molar-refractivity contribution in [2.24, 2.45) is 0 Å². The number of allylic oxidation sites excluding steroid dienone is 1. The summed E-state index contributed by atoms with van der Waals surface area (Å²) in [5, 5.41) is 0. The minimum absolute atomic E-state index is 0.778. The molecule has 15 heavy (non-hydrogen) atoms. The van der Waals surface area contributed by atoms with E-state index in [9.17, 15) is 0 Å². The van der Waals surface area contributed by atoms with Crippen LogP contribution >= 0.6 is 0 Å². The van der Waals surface area contributed by atoms with Crippen LogP contribution in [0.1, 0.15) is 11.1 Å². The molecule has 0 radical (unpaired) electrons. The standard InChI is InChI=1S/C9H8.C4H8O2/c1-2-5-9-7-3-6-8(9)4-1;1-2-6-4-3-5-1/h1-6H,7H2;1-4H2. The van der Waals surface area contributed by atoms with E-state index in [1.165, 1.54) is 11.1 Å². The lowest BCUT2D eigenvalue weighted by Gasteiger charge is -2.09. The van der Waals surface area contributed by atoms with Crippen LogP contribution in [0.4, 0.5) is 0 Å². The first-order valence-corrected chi connectivity index (χ1v) is 5.37. The summed E-state index contributed by atoms with van der Waals surface area (Å²) in [6.07, 6.45) is 5.50. The zero-order chi connectivity index (χ0) is 10.3. The zero-order valence-electron chi connectivity index (χ0n) is 8.82. The van der Waals surface area contributed by atoms with Gasteiger partial charge < -0.3 is 9.47 Å². The number of ether oxygens (including phenoxy) is 2. The monoisotopic (exact) mass is 204 g/mol. The number of hydrogen-bond acceptors (Lipinski definition) is 2. The summed E-state index contributed by atoms with van der Waals surface area (Å²) in [5.41, 5.74) is 2.84. The lowest BCUT2D eigenvalue weighted by Crippen LogP contribution is -2.16. The molecule has 0 atom stereocenters. The SMILES string of the molecule is C1=Cc2ccccc2C1.C1COCCO1. The van der Waals surface area contributed by atoms with E-state index in [1.807, 2.05) is 0 Å². The van der Waals surface area contributed by atoms with Crippen LogP contribution in [0.15, 0.2) is 30.3 Å². The zero-order valence-corrected chi connectivity index (χ0v) is 8.82. The lowest BCUT2D eigenvalue weighted by molar-refractivity contribution is -0.0334. The van der Waals surface area contributed by atoms with Crippen molar-refractivity contribution in [2.75, 3.05) is 26.4 Å². The van der Waals surface area contributed by atoms with Crippen LogP contribution < -0.4 is 0 Å². The molecular formula is C13H16O2. The third kappa shape index (κ3) is 3.18. The largest absolute Gasteiger partial charge is 0.377 e. The van der Waals surface area contributed by atoms with Crippen molar-refractivity contribution in [1.29, 1.82) is 0 Å². The van der Waals surface area contributed by atoms with Gasteiger partial charge in [0.25, 0.3) is 0 Å². The fraction of sp³-hybridized carbons (Fsp3) is 0.385. The maximum Gasteiger partial charge on any atom is 0.0701 e. The Hall–Kier alpha value is -1.12. The molecule has 1 aliphatic carbocycles. The first-order chi connectivity index (χ1) is 7.47. The van der Waals surface area contributed by atoms with E-state index in [0.29, 0.717) is 0 Å². The van der Waals surface area contributed by atoms with Crippen LogP contribution in [0.5, 0.6) is 0 Å². The Labute approximate surface area is 90.5 Å². The summed E-state index contributed by atoms with van der Waals surface area (Å²) in [7, 11) is 0. The summed E-state index contributed by atoms with van der Waals surface area (Å²) in [6.45, 7) is 3.11. The molecule has 0 amide bonds. The molecule has 1 heterocycles. The Morgan fingerprint density at radius 3 is 2.13 bits per heavy atom. The summed E-state index contributed by atoms with van der Waals surface area (Å²) >= 11 is 0. The molecule has 0 saturated carbocycles. The van der Waals surface area contributed by atoms with Crippen molar-refractivity contribution in [3.63, 3.8) is 0 Å². The molecule has 3 rings (SSSR count). The number of hydrogen-bond donors (Lipinski definition) is 0. The maximum absolute atomic E-state index is 4.94. The second-order valence-corrected chi connectivity index (χ2v) is 3.53. The highest BCUT2D eigenvalue weighted by Crippen LogP contribution is 2.17. The van der Waals surface area contributed by atoms with Gasteiger partial charge in [-0.2, -0.15) is 0 Å². The molecule has 2 aliphatic rings. The van der Waals surface area contributed by atoms with Gasteiger partial charge in [0.2, 0.25) is 0 Å². The van der Waals surface area contributed by atoms with E-state index in [2.05, 4.69) is 36.4 Å². The topological polar surface area (TPSA) is 18.5 Å². The van der Waals surface area contributed by atoms with Gasteiger partial charge in [-0.15, -0.1) is 0 Å². The van der Waals surface area contributed by atoms with Crippen molar-refractivity contribution < 1.29 is 9.47 Å². The normalized spacial score (nSPS) is 17.9. The van der Waals surface area contributed by atoms with Gasteiger partial charge in [-0.3, -0.25) is 0 Å². The molecule has 1 saturated heterocycles. The Morgan fingerprint density at radius 1 is 0.867 bits per heavy atom. The van der Waals surface area contributed by atoms with E-state index in [0.717, 1.165) is 32.8 Å². The Balaban J connectivity index is 0.000000124. The van der Waals surface area contributed by atoms with Crippen molar-refractivity contribution in [3.05, 3.63) is 41.5 Å². The van der Waals surface area contributed by atoms with Gasteiger partial charge in [-0.1, -0.05) is 36.4 Å². The van der Waals surface area contributed by atoms with E-state index in [4.69, 9.17) is 9.47 Å². The number of rotatable bonds is 0. The van der Waals surface area contributed by atoms with Crippen LogP contribution in [0.2, 0.25) is 0 Å². The van der Waals surface area contributed by atoms with Crippen molar-refractivity contribution in [3.8, 4) is 0 Å². The van der Waals surface area contributed by atoms with Crippen molar-refractivity contribution >= 4 is 6.08 Å². The Bertz CT molecular complexity index is 316. The van der Waals surface area contributed by atoms with E-state index >= 15 is 0 Å². The fourth-order valence-electron chi connectivity index (χ4n) is 1.64. The molecule has 80 valence electrons. The third-order valence-electron chi connectivity index (χ3n) is 2.43. The highest BCUT2D eigenvalue weighted by atomic mass is 16.6. The van der Waals surface area contributed by atoms with Crippen LogP contribution in [0.25, 0.3) is 6.08 Å². The molecule has 0 unspecified atom stereocenters. The Kier molecular flexibility index (Phi) is 3.94. The van der Waals surface area contributed by atoms with E-state index in [1.54, 1.807) is 0 Å². The van der Waals surface area contributed by atoms with Gasteiger partial charge in [-0.05, 0) is 17.5 Å². The van der Waals surface area contributed by atoms with Crippen molar-refractivity contribution in [2.45, 2.75) is 6.42 Å². The molecular weight excluding hydrogens is 188 g/mol. The molecule has 0 spiro atoms. The molecule has 2 nitrogen and oxygen atoms in total. The molecule has 1 fully saturated rings. The molecule has 2 heteroatoms. The average Bonchev–Trinajstić information content (AvgIpc) is 2.80. The highest BCUT2D eigenvalue weighted by molar-refractivity contribution is 5.59. The van der Waals surface area contributed by atoms with Crippen LogP contribution in [-0.2, 0) is 15.9 Å². The smallest absolute Gasteiger partial charge is 0.0701 e. The fourth-order valence-corrected chi connectivity index (χ4v) is 1.64. The minimum atomic E-state index is 0.778. The maximum atomic E-state index is 4.94. The first kappa shape index (κ1) is 10.4. The highest BCUT2D eigenvalue weighted by Gasteiger charge is 2.00. The minimum Gasteiger partial charge on any atom is -0.377 e. The van der Waals surface area contributed by atoms with Crippen LogP contribution in [0.3, 0.4) is 0 Å². The van der Waals surface area contributed by atoms with Gasteiger partial charge in [0.15, 0.2) is 0 Å². The quantitative estimate of drug-likeness (QED) is 0.645. The van der Waals surface area contributed by atoms with Gasteiger partial charge in [-0.25, -0.2) is 0 Å². The Morgan fingerprint density at radius 2 is 1.53 bits per heavy atom. The predicted molar refractivity (Wildman–Crippen MR) is 60.8 cm³/mol. The molecule has 1 aromatic carbocycles. The van der Waals surface area contributed by atoms with E-state index in [-0.39, 0.29) is 0 Å². The summed E-state index contributed by atoms with van der Waals surface area (Å²) in [4.78, 5) is 0. The third-order valence-corrected chi connectivity index (χ3v) is 2.43. The molecule has 0 bridgehead atoms. The molecule has 0 N–H and O–H groups in total. The average molecular weight is 204 g/mol. The second-order valence-electron chi connectivity index (χ2n) is 3.53. The molecule has 0 aromatic heterocycles. The number of benzene rings is 1. The molecule has 1 aromatic rings. The summed E-state index contributed by atoms with van der Waals surface area (Å²) in [6, 6.07) is 8.49. The predicted octanol–water partition coefficient (Wildman–Crippen LogP) is 2.29. The van der Waals surface area contributed by atoms with Gasteiger partial charge in [0.05, 0.1) is 26.4 Å². The van der Waals surface area contributed by atoms with Crippen LogP contribution in [0, 0.1) is 0 Å². The second kappa shape index (κ2) is 5.69. The van der Waals surface area contributed by atoms with Crippen molar-refractivity contribution in [1.82, 2.24) is 0 Å². The summed E-state index contributed by atoms with van der Waals surface area (Å²) < 4.78 is 9.89.